The molecule has 2 aromatic heterocycles. The molecule has 0 radical (unpaired) electrons. The fourth-order valence-electron chi connectivity index (χ4n) is 2.54. The molecule has 0 saturated carbocycles. The molecule has 0 aliphatic heterocycles. The van der Waals surface area contributed by atoms with Gasteiger partial charge in [0, 0.05) is 22.2 Å². The second kappa shape index (κ2) is 6.37. The van der Waals surface area contributed by atoms with E-state index in [0.29, 0.717) is 22.4 Å². The molecule has 2 aromatic carbocycles. The SMILES string of the molecule is O=c1cccc(-c2nc(Nc3ccc(Cl)cc3)c3ccccc3n2)[nH]1. The topological polar surface area (TPSA) is 70.7 Å². The molecule has 0 aliphatic rings. The molecule has 4 aromatic rings. The lowest BCUT2D eigenvalue weighted by atomic mass is 10.2. The number of para-hydroxylation sites is 1. The lowest BCUT2D eigenvalue weighted by molar-refractivity contribution is 1.15. The van der Waals surface area contributed by atoms with Gasteiger partial charge >= 0.3 is 0 Å². The predicted octanol–water partition coefficient (Wildman–Crippen LogP) is 4.38. The van der Waals surface area contributed by atoms with E-state index in [9.17, 15) is 4.79 Å². The van der Waals surface area contributed by atoms with Crippen LogP contribution < -0.4 is 10.9 Å². The van der Waals surface area contributed by atoms with Crippen LogP contribution in [0.15, 0.2) is 71.5 Å². The largest absolute Gasteiger partial charge is 0.340 e. The average Bonchev–Trinajstić information content (AvgIpc) is 2.63. The summed E-state index contributed by atoms with van der Waals surface area (Å²) in [5, 5.41) is 4.85. The van der Waals surface area contributed by atoms with E-state index in [-0.39, 0.29) is 5.56 Å². The van der Waals surface area contributed by atoms with Crippen molar-refractivity contribution in [3.63, 3.8) is 0 Å². The molecule has 0 spiro atoms. The molecule has 25 heavy (non-hydrogen) atoms. The molecule has 0 bridgehead atoms. The standard InChI is InChI=1S/C19H13ClN4O/c20-12-8-10-13(11-9-12)21-18-14-4-1-2-5-15(14)23-19(24-18)16-6-3-7-17(25)22-16/h1-11H,(H,22,25)(H,21,23,24). The smallest absolute Gasteiger partial charge is 0.248 e. The zero-order chi connectivity index (χ0) is 17.2. The van der Waals surface area contributed by atoms with Crippen molar-refractivity contribution in [1.82, 2.24) is 15.0 Å². The molecule has 4 rings (SSSR count). The molecule has 2 heterocycles. The third-order valence-corrected chi connectivity index (χ3v) is 3.97. The molecule has 5 nitrogen and oxygen atoms in total. The number of aromatic nitrogens is 3. The first-order valence-corrected chi connectivity index (χ1v) is 8.06. The zero-order valence-corrected chi connectivity index (χ0v) is 13.8. The highest BCUT2D eigenvalue weighted by molar-refractivity contribution is 6.30. The van der Waals surface area contributed by atoms with Crippen molar-refractivity contribution in [2.24, 2.45) is 0 Å². The van der Waals surface area contributed by atoms with Crippen molar-refractivity contribution in [3.8, 4) is 11.5 Å². The number of halogens is 1. The molecule has 0 amide bonds. The first-order valence-electron chi connectivity index (χ1n) is 7.68. The highest BCUT2D eigenvalue weighted by Crippen LogP contribution is 2.26. The Morgan fingerprint density at radius 1 is 0.880 bits per heavy atom. The van der Waals surface area contributed by atoms with E-state index in [2.05, 4.69) is 20.3 Å². The summed E-state index contributed by atoms with van der Waals surface area (Å²) in [5.74, 6) is 1.11. The van der Waals surface area contributed by atoms with Crippen LogP contribution in [0.5, 0.6) is 0 Å². The Balaban J connectivity index is 1.86. The van der Waals surface area contributed by atoms with Gasteiger partial charge in [0.1, 0.15) is 5.82 Å². The van der Waals surface area contributed by atoms with Gasteiger partial charge in [-0.2, -0.15) is 0 Å². The Bertz CT molecular complexity index is 1110. The molecule has 0 saturated heterocycles. The Morgan fingerprint density at radius 3 is 2.48 bits per heavy atom. The van der Waals surface area contributed by atoms with E-state index in [1.54, 1.807) is 12.1 Å². The molecular weight excluding hydrogens is 336 g/mol. The highest BCUT2D eigenvalue weighted by Gasteiger charge is 2.10. The number of hydrogen-bond acceptors (Lipinski definition) is 4. The summed E-state index contributed by atoms with van der Waals surface area (Å²) in [6.07, 6.45) is 0. The number of anilines is 2. The number of nitrogens with one attached hydrogen (secondary N) is 2. The molecule has 6 heteroatoms. The van der Waals surface area contributed by atoms with Gasteiger partial charge in [0.15, 0.2) is 5.82 Å². The summed E-state index contributed by atoms with van der Waals surface area (Å²) in [6, 6.07) is 20.0. The van der Waals surface area contributed by atoms with E-state index < -0.39 is 0 Å². The van der Waals surface area contributed by atoms with E-state index in [1.165, 1.54) is 6.07 Å². The zero-order valence-electron chi connectivity index (χ0n) is 13.0. The first kappa shape index (κ1) is 15.4. The van der Waals surface area contributed by atoms with Crippen LogP contribution in [0.25, 0.3) is 22.4 Å². The van der Waals surface area contributed by atoms with E-state index in [4.69, 9.17) is 11.6 Å². The van der Waals surface area contributed by atoms with Crippen LogP contribution in [0.2, 0.25) is 5.02 Å². The van der Waals surface area contributed by atoms with Gasteiger partial charge in [-0.1, -0.05) is 29.8 Å². The second-order valence-electron chi connectivity index (χ2n) is 5.47. The summed E-state index contributed by atoms with van der Waals surface area (Å²) in [5.41, 5.74) is 2.02. The molecule has 0 fully saturated rings. The van der Waals surface area contributed by atoms with Crippen molar-refractivity contribution < 1.29 is 0 Å². The second-order valence-corrected chi connectivity index (χ2v) is 5.91. The van der Waals surface area contributed by atoms with Crippen molar-refractivity contribution in [2.75, 3.05) is 5.32 Å². The van der Waals surface area contributed by atoms with Gasteiger partial charge in [-0.05, 0) is 42.5 Å². The Kier molecular flexibility index (Phi) is 3.91. The fourth-order valence-corrected chi connectivity index (χ4v) is 2.67. The van der Waals surface area contributed by atoms with Gasteiger partial charge in [0.05, 0.1) is 11.2 Å². The van der Waals surface area contributed by atoms with Gasteiger partial charge in [-0.25, -0.2) is 9.97 Å². The summed E-state index contributed by atoms with van der Waals surface area (Å²) >= 11 is 5.94. The third-order valence-electron chi connectivity index (χ3n) is 3.72. The summed E-state index contributed by atoms with van der Waals surface area (Å²) < 4.78 is 0. The van der Waals surface area contributed by atoms with Crippen LogP contribution in [0.3, 0.4) is 0 Å². The van der Waals surface area contributed by atoms with Crippen LogP contribution in [0.4, 0.5) is 11.5 Å². The van der Waals surface area contributed by atoms with Crippen molar-refractivity contribution in [3.05, 3.63) is 82.1 Å². The highest BCUT2D eigenvalue weighted by atomic mass is 35.5. The molecule has 122 valence electrons. The van der Waals surface area contributed by atoms with E-state index in [0.717, 1.165) is 16.6 Å². The third kappa shape index (κ3) is 3.22. The van der Waals surface area contributed by atoms with Crippen LogP contribution in [-0.2, 0) is 0 Å². The maximum atomic E-state index is 11.6. The average molecular weight is 349 g/mol. The monoisotopic (exact) mass is 348 g/mol. The number of aromatic amines is 1. The quantitative estimate of drug-likeness (QED) is 0.576. The summed E-state index contributed by atoms with van der Waals surface area (Å²) in [4.78, 5) is 23.5. The first-order chi connectivity index (χ1) is 12.2. The minimum absolute atomic E-state index is 0.193. The molecule has 0 atom stereocenters. The van der Waals surface area contributed by atoms with Crippen molar-refractivity contribution in [2.45, 2.75) is 0 Å². The molecule has 2 N–H and O–H groups in total. The molecule has 0 aliphatic carbocycles. The maximum Gasteiger partial charge on any atom is 0.248 e. The molecule has 0 unspecified atom stereocenters. The van der Waals surface area contributed by atoms with E-state index >= 15 is 0 Å². The van der Waals surface area contributed by atoms with Crippen molar-refractivity contribution in [1.29, 1.82) is 0 Å². The van der Waals surface area contributed by atoms with Gasteiger partial charge in [-0.3, -0.25) is 4.79 Å². The summed E-state index contributed by atoms with van der Waals surface area (Å²) in [6.45, 7) is 0. The number of benzene rings is 2. The minimum Gasteiger partial charge on any atom is -0.340 e. The van der Waals surface area contributed by atoms with Crippen LogP contribution in [0.1, 0.15) is 0 Å². The van der Waals surface area contributed by atoms with Gasteiger partial charge in [0.2, 0.25) is 5.56 Å². The Morgan fingerprint density at radius 2 is 1.68 bits per heavy atom. The number of rotatable bonds is 3. The lowest BCUT2D eigenvalue weighted by Gasteiger charge is -2.11. The molecular formula is C19H13ClN4O. The van der Waals surface area contributed by atoms with Gasteiger partial charge < -0.3 is 10.3 Å². The Hall–Kier alpha value is -3.18. The predicted molar refractivity (Wildman–Crippen MR) is 100 cm³/mol. The van der Waals surface area contributed by atoms with Gasteiger partial charge in [-0.15, -0.1) is 0 Å². The van der Waals surface area contributed by atoms with Crippen LogP contribution in [0, 0.1) is 0 Å². The van der Waals surface area contributed by atoms with Crippen LogP contribution >= 0.6 is 11.6 Å². The number of pyridine rings is 1. The normalized spacial score (nSPS) is 10.8. The van der Waals surface area contributed by atoms with E-state index in [1.807, 2.05) is 48.5 Å². The van der Waals surface area contributed by atoms with Gasteiger partial charge in [0.25, 0.3) is 0 Å². The minimum atomic E-state index is -0.193. The number of hydrogen-bond donors (Lipinski definition) is 2. The number of H-pyrrole nitrogens is 1. The fraction of sp³-hybridized carbons (Fsp3) is 0. The van der Waals surface area contributed by atoms with Crippen molar-refractivity contribution >= 4 is 34.0 Å². The lowest BCUT2D eigenvalue weighted by Crippen LogP contribution is -2.06. The summed E-state index contributed by atoms with van der Waals surface area (Å²) in [7, 11) is 0. The Labute approximate surface area is 148 Å². The maximum absolute atomic E-state index is 11.6. The van der Waals surface area contributed by atoms with Crippen LogP contribution in [-0.4, -0.2) is 15.0 Å². The number of fused-ring (bicyclic) bond motifs is 1. The number of nitrogens with zero attached hydrogens (tertiary/aromatic N) is 2.